The molecule has 19 heavy (non-hydrogen) atoms. The molecule has 3 unspecified atom stereocenters. The Balaban J connectivity index is 1.97. The summed E-state index contributed by atoms with van der Waals surface area (Å²) in [5.41, 5.74) is 0. The number of aliphatic hydroxyl groups excluding tert-OH is 3. The summed E-state index contributed by atoms with van der Waals surface area (Å²) in [6, 6.07) is 0. The summed E-state index contributed by atoms with van der Waals surface area (Å²) in [7, 11) is 0. The minimum atomic E-state index is -1.02. The van der Waals surface area contributed by atoms with E-state index in [9.17, 15) is 15.3 Å². The molecule has 1 aliphatic heterocycles. The van der Waals surface area contributed by atoms with Crippen LogP contribution in [0.2, 0.25) is 0 Å². The first-order valence-electron chi connectivity index (χ1n) is 7.40. The van der Waals surface area contributed by atoms with Gasteiger partial charge in [0, 0.05) is 6.61 Å². The molecule has 0 aliphatic carbocycles. The lowest BCUT2D eigenvalue weighted by Gasteiger charge is -2.20. The molecule has 5 heteroatoms. The zero-order chi connectivity index (χ0) is 14.1. The molecule has 1 fully saturated rings. The quantitative estimate of drug-likeness (QED) is 0.515. The van der Waals surface area contributed by atoms with Gasteiger partial charge in [-0.2, -0.15) is 0 Å². The van der Waals surface area contributed by atoms with Crippen molar-refractivity contribution in [1.29, 1.82) is 0 Å². The molecule has 0 amide bonds. The molecular formula is C14H28O5. The summed E-state index contributed by atoms with van der Waals surface area (Å²) in [6.07, 6.45) is 3.65. The Labute approximate surface area is 115 Å². The Hall–Kier alpha value is -0.200. The maximum atomic E-state index is 9.79. The van der Waals surface area contributed by atoms with Crippen molar-refractivity contribution in [2.75, 3.05) is 19.8 Å². The second-order valence-electron chi connectivity index (χ2n) is 5.27. The van der Waals surface area contributed by atoms with Crippen LogP contribution in [0.4, 0.5) is 0 Å². The van der Waals surface area contributed by atoms with Gasteiger partial charge in [0.25, 0.3) is 0 Å². The van der Waals surface area contributed by atoms with Gasteiger partial charge in [-0.15, -0.1) is 0 Å². The topological polar surface area (TPSA) is 79.2 Å². The molecule has 3 N–H and O–H groups in total. The molecule has 0 aromatic carbocycles. The summed E-state index contributed by atoms with van der Waals surface area (Å²) in [5, 5.41) is 28.7. The third-order valence-corrected chi connectivity index (χ3v) is 3.50. The van der Waals surface area contributed by atoms with Gasteiger partial charge in [0.1, 0.15) is 24.4 Å². The van der Waals surface area contributed by atoms with Crippen LogP contribution in [-0.2, 0) is 9.47 Å². The highest BCUT2D eigenvalue weighted by Crippen LogP contribution is 2.17. The Kier molecular flexibility index (Phi) is 8.57. The lowest BCUT2D eigenvalue weighted by Crippen LogP contribution is -2.40. The second kappa shape index (κ2) is 9.66. The fraction of sp³-hybridized carbons (Fsp3) is 1.00. The lowest BCUT2D eigenvalue weighted by atomic mass is 10.1. The molecule has 4 atom stereocenters. The Bertz CT molecular complexity index is 224. The average Bonchev–Trinajstić information content (AvgIpc) is 2.73. The first-order chi connectivity index (χ1) is 9.16. The highest BCUT2D eigenvalue weighted by Gasteiger charge is 2.39. The molecular weight excluding hydrogens is 248 g/mol. The second-order valence-corrected chi connectivity index (χ2v) is 5.27. The molecule has 0 aromatic rings. The van der Waals surface area contributed by atoms with Crippen molar-refractivity contribution in [2.45, 2.75) is 69.9 Å². The van der Waals surface area contributed by atoms with E-state index in [-0.39, 0.29) is 13.2 Å². The standard InChI is InChI=1S/C14H28O5/c1-2-3-4-5-6-7-8-18-9-12(16)14-13(17)11(15)10-19-14/h11-17H,2-10H2,1H3/t11-,12?,13?,14?/m1/s1. The average molecular weight is 276 g/mol. The van der Waals surface area contributed by atoms with E-state index in [4.69, 9.17) is 9.47 Å². The third-order valence-electron chi connectivity index (χ3n) is 3.50. The molecule has 0 radical (unpaired) electrons. The zero-order valence-electron chi connectivity index (χ0n) is 11.8. The van der Waals surface area contributed by atoms with E-state index in [1.165, 1.54) is 25.7 Å². The predicted octanol–water partition coefficient (Wildman–Crippen LogP) is 0.845. The Morgan fingerprint density at radius 1 is 1.16 bits per heavy atom. The monoisotopic (exact) mass is 276 g/mol. The van der Waals surface area contributed by atoms with Gasteiger partial charge in [-0.1, -0.05) is 39.0 Å². The van der Waals surface area contributed by atoms with Crippen LogP contribution in [0, 0.1) is 0 Å². The van der Waals surface area contributed by atoms with E-state index >= 15 is 0 Å². The number of hydrogen-bond acceptors (Lipinski definition) is 5. The van der Waals surface area contributed by atoms with Crippen molar-refractivity contribution in [3.8, 4) is 0 Å². The molecule has 0 bridgehead atoms. The van der Waals surface area contributed by atoms with Crippen molar-refractivity contribution >= 4 is 0 Å². The molecule has 1 rings (SSSR count). The van der Waals surface area contributed by atoms with Gasteiger partial charge >= 0.3 is 0 Å². The summed E-state index contributed by atoms with van der Waals surface area (Å²) < 4.78 is 10.5. The minimum absolute atomic E-state index is 0.0698. The van der Waals surface area contributed by atoms with Gasteiger partial charge in [-0.05, 0) is 6.42 Å². The SMILES string of the molecule is CCCCCCCCOCC(O)C1OC[C@@H](O)C1O. The molecule has 0 saturated carbocycles. The molecule has 0 aromatic heterocycles. The maximum absolute atomic E-state index is 9.79. The highest BCUT2D eigenvalue weighted by molar-refractivity contribution is 4.87. The number of hydrogen-bond donors (Lipinski definition) is 3. The zero-order valence-corrected chi connectivity index (χ0v) is 11.8. The third kappa shape index (κ3) is 6.19. The largest absolute Gasteiger partial charge is 0.388 e. The molecule has 1 aliphatic rings. The van der Waals surface area contributed by atoms with E-state index in [1.54, 1.807) is 0 Å². The van der Waals surface area contributed by atoms with Gasteiger partial charge in [0.05, 0.1) is 13.2 Å². The van der Waals surface area contributed by atoms with Crippen LogP contribution in [-0.4, -0.2) is 59.6 Å². The first kappa shape index (κ1) is 16.9. The van der Waals surface area contributed by atoms with Crippen LogP contribution in [0.5, 0.6) is 0 Å². The van der Waals surface area contributed by atoms with E-state index < -0.39 is 24.4 Å². The fourth-order valence-corrected chi connectivity index (χ4v) is 2.25. The van der Waals surface area contributed by atoms with Crippen LogP contribution in [0.1, 0.15) is 45.4 Å². The van der Waals surface area contributed by atoms with Crippen molar-refractivity contribution in [1.82, 2.24) is 0 Å². The molecule has 5 nitrogen and oxygen atoms in total. The van der Waals surface area contributed by atoms with Gasteiger partial charge in [0.15, 0.2) is 0 Å². The Morgan fingerprint density at radius 2 is 1.84 bits per heavy atom. The van der Waals surface area contributed by atoms with Crippen molar-refractivity contribution < 1.29 is 24.8 Å². The molecule has 1 saturated heterocycles. The van der Waals surface area contributed by atoms with Gasteiger partial charge in [-0.3, -0.25) is 0 Å². The predicted molar refractivity (Wildman–Crippen MR) is 72.0 cm³/mol. The summed E-state index contributed by atoms with van der Waals surface area (Å²) in [6.45, 7) is 3.03. The lowest BCUT2D eigenvalue weighted by molar-refractivity contribution is -0.0813. The first-order valence-corrected chi connectivity index (χ1v) is 7.40. The van der Waals surface area contributed by atoms with Crippen LogP contribution >= 0.6 is 0 Å². The van der Waals surface area contributed by atoms with Crippen LogP contribution in [0.15, 0.2) is 0 Å². The minimum Gasteiger partial charge on any atom is -0.388 e. The Morgan fingerprint density at radius 3 is 2.47 bits per heavy atom. The number of unbranched alkanes of at least 4 members (excludes halogenated alkanes) is 5. The van der Waals surface area contributed by atoms with Gasteiger partial charge in [0.2, 0.25) is 0 Å². The van der Waals surface area contributed by atoms with E-state index in [0.717, 1.165) is 12.8 Å². The smallest absolute Gasteiger partial charge is 0.114 e. The number of ether oxygens (including phenoxy) is 2. The highest BCUT2D eigenvalue weighted by atomic mass is 16.5. The van der Waals surface area contributed by atoms with Crippen LogP contribution in [0.25, 0.3) is 0 Å². The van der Waals surface area contributed by atoms with Crippen molar-refractivity contribution in [3.63, 3.8) is 0 Å². The summed E-state index contributed by atoms with van der Waals surface area (Å²) >= 11 is 0. The normalized spacial score (nSPS) is 28.7. The molecule has 0 spiro atoms. The number of rotatable bonds is 10. The van der Waals surface area contributed by atoms with Crippen molar-refractivity contribution in [2.24, 2.45) is 0 Å². The molecule has 1 heterocycles. The van der Waals surface area contributed by atoms with E-state index in [0.29, 0.717) is 6.61 Å². The number of aliphatic hydroxyl groups is 3. The van der Waals surface area contributed by atoms with Crippen molar-refractivity contribution in [3.05, 3.63) is 0 Å². The molecule has 114 valence electrons. The van der Waals surface area contributed by atoms with Crippen LogP contribution < -0.4 is 0 Å². The van der Waals surface area contributed by atoms with E-state index in [1.807, 2.05) is 0 Å². The van der Waals surface area contributed by atoms with Crippen LogP contribution in [0.3, 0.4) is 0 Å². The van der Waals surface area contributed by atoms with Gasteiger partial charge < -0.3 is 24.8 Å². The summed E-state index contributed by atoms with van der Waals surface area (Å²) in [5.74, 6) is 0. The summed E-state index contributed by atoms with van der Waals surface area (Å²) in [4.78, 5) is 0. The van der Waals surface area contributed by atoms with Gasteiger partial charge in [-0.25, -0.2) is 0 Å². The fourth-order valence-electron chi connectivity index (χ4n) is 2.25. The van der Waals surface area contributed by atoms with E-state index in [2.05, 4.69) is 6.92 Å². The maximum Gasteiger partial charge on any atom is 0.114 e.